The molecule has 41 heavy (non-hydrogen) atoms. The first kappa shape index (κ1) is 30.3. The van der Waals surface area contributed by atoms with E-state index in [-0.39, 0.29) is 53.2 Å². The summed E-state index contributed by atoms with van der Waals surface area (Å²) in [5, 5.41) is 8.82. The second-order valence-electron chi connectivity index (χ2n) is 9.91. The smallest absolute Gasteiger partial charge is 0.447 e. The van der Waals surface area contributed by atoms with Crippen molar-refractivity contribution in [2.75, 3.05) is 44.4 Å². The van der Waals surface area contributed by atoms with Crippen LogP contribution in [0.3, 0.4) is 0 Å². The molecule has 0 bridgehead atoms. The summed E-state index contributed by atoms with van der Waals surface area (Å²) in [6, 6.07) is 7.68. The van der Waals surface area contributed by atoms with Crippen LogP contribution in [0.5, 0.6) is 5.75 Å². The van der Waals surface area contributed by atoms with E-state index in [4.69, 9.17) is 4.74 Å². The summed E-state index contributed by atoms with van der Waals surface area (Å²) in [7, 11) is 3.31. The number of pyridine rings is 1. The van der Waals surface area contributed by atoms with Gasteiger partial charge in [0.1, 0.15) is 22.6 Å². The number of anilines is 2. The summed E-state index contributed by atoms with van der Waals surface area (Å²) >= 11 is -0.312. The summed E-state index contributed by atoms with van der Waals surface area (Å²) in [6.07, 6.45) is 0.879. The molecule has 220 valence electrons. The number of benzene rings is 1. The molecule has 13 heteroatoms. The Labute approximate surface area is 240 Å². The maximum atomic E-state index is 14.7. The van der Waals surface area contributed by atoms with Gasteiger partial charge in [0.05, 0.1) is 36.6 Å². The summed E-state index contributed by atoms with van der Waals surface area (Å²) in [6.45, 7) is 4.64. The Hall–Kier alpha value is -3.63. The van der Waals surface area contributed by atoms with E-state index in [9.17, 15) is 22.4 Å². The van der Waals surface area contributed by atoms with E-state index in [0.717, 1.165) is 0 Å². The van der Waals surface area contributed by atoms with E-state index in [1.807, 2.05) is 25.8 Å². The van der Waals surface area contributed by atoms with Crippen LogP contribution in [0.15, 0.2) is 41.6 Å². The number of imidazole rings is 1. The number of likely N-dealkylation sites (tertiary alicyclic amines) is 1. The average Bonchev–Trinajstić information content (AvgIpc) is 3.24. The van der Waals surface area contributed by atoms with Crippen molar-refractivity contribution < 1.29 is 27.1 Å². The molecular weight excluding hydrogens is 560 g/mol. The molecule has 1 aliphatic rings. The van der Waals surface area contributed by atoms with E-state index >= 15 is 0 Å². The van der Waals surface area contributed by atoms with Crippen LogP contribution in [0.1, 0.15) is 36.3 Å². The second-order valence-corrected chi connectivity index (χ2v) is 11.0. The monoisotopic (exact) mass is 592 g/mol. The number of hydrogen-bond acceptors (Lipinski definition) is 7. The number of aromatic nitrogens is 2. The van der Waals surface area contributed by atoms with Crippen molar-refractivity contribution in [1.82, 2.24) is 19.6 Å². The van der Waals surface area contributed by atoms with Gasteiger partial charge in [-0.05, 0) is 57.5 Å². The van der Waals surface area contributed by atoms with Crippen molar-refractivity contribution in [2.45, 2.75) is 49.1 Å². The number of nitrogens with zero attached hydrogens (tertiary/aromatic N) is 3. The molecule has 1 saturated heterocycles. The molecule has 3 heterocycles. The van der Waals surface area contributed by atoms with Crippen molar-refractivity contribution in [1.29, 1.82) is 0 Å². The first-order valence-corrected chi connectivity index (χ1v) is 13.8. The van der Waals surface area contributed by atoms with Gasteiger partial charge in [0.25, 0.3) is 5.91 Å². The maximum Gasteiger partial charge on any atom is 0.447 e. The molecule has 0 aliphatic carbocycles. The standard InChI is InChI=1S/C28H32F4N6O2S/c1-17(2)34-26(39)18-8-5-11-23(40-4)24(18)33-13-6-9-22-27(41-28(30,31)32)38-14-7-10-21(25(38)36-22)35-20-12-15-37(3)16-19(20)29/h5,7-8,10-11,14,17,19-20,33,35H,12-13,15-16H2,1-4H3,(H,34,39)/t19-,20+/m0/s1. The first-order chi connectivity index (χ1) is 19.5. The molecule has 2 aromatic heterocycles. The number of para-hydroxylation sites is 1. The van der Waals surface area contributed by atoms with Gasteiger partial charge in [-0.3, -0.25) is 9.20 Å². The number of nitrogens with one attached hydrogen (secondary N) is 3. The van der Waals surface area contributed by atoms with Gasteiger partial charge in [-0.1, -0.05) is 12.0 Å². The fourth-order valence-corrected chi connectivity index (χ4v) is 5.20. The number of carbonyl (C=O) groups is 1. The summed E-state index contributed by atoms with van der Waals surface area (Å²) in [5.74, 6) is 5.67. The summed E-state index contributed by atoms with van der Waals surface area (Å²) in [5.41, 5.74) is -3.25. The molecule has 1 aliphatic heterocycles. The SMILES string of the molecule is COc1cccc(C(=O)NC(C)C)c1NCC#Cc1nc2c(N[C@@H]3CCN(C)C[C@@H]3F)cccn2c1SC(F)(F)F. The first-order valence-electron chi connectivity index (χ1n) is 13.0. The predicted octanol–water partition coefficient (Wildman–Crippen LogP) is 5.01. The third-order valence-corrected chi connectivity index (χ3v) is 7.19. The van der Waals surface area contributed by atoms with Crippen molar-refractivity contribution in [2.24, 2.45) is 0 Å². The normalized spacial score (nSPS) is 17.7. The predicted molar refractivity (Wildman–Crippen MR) is 152 cm³/mol. The molecule has 3 aromatic rings. The topological polar surface area (TPSA) is 82.9 Å². The van der Waals surface area contributed by atoms with Crippen LogP contribution in [-0.2, 0) is 0 Å². The minimum Gasteiger partial charge on any atom is -0.495 e. The molecule has 0 radical (unpaired) electrons. The number of alkyl halides is 4. The van der Waals surface area contributed by atoms with Gasteiger partial charge < -0.3 is 25.6 Å². The number of hydrogen-bond donors (Lipinski definition) is 3. The van der Waals surface area contributed by atoms with Crippen LogP contribution in [0.2, 0.25) is 0 Å². The molecule has 0 unspecified atom stereocenters. The highest BCUT2D eigenvalue weighted by atomic mass is 32.2. The van der Waals surface area contributed by atoms with Crippen LogP contribution in [0, 0.1) is 11.8 Å². The van der Waals surface area contributed by atoms with E-state index in [0.29, 0.717) is 35.7 Å². The minimum absolute atomic E-state index is 0.00341. The van der Waals surface area contributed by atoms with Crippen LogP contribution in [0.25, 0.3) is 5.65 Å². The molecule has 1 fully saturated rings. The third-order valence-electron chi connectivity index (χ3n) is 6.37. The number of piperidine rings is 1. The van der Waals surface area contributed by atoms with Gasteiger partial charge in [0.2, 0.25) is 0 Å². The van der Waals surface area contributed by atoms with Gasteiger partial charge in [0, 0.05) is 37.1 Å². The number of methoxy groups -OCH3 is 1. The molecule has 0 saturated carbocycles. The molecular formula is C28H32F4N6O2S. The largest absolute Gasteiger partial charge is 0.495 e. The van der Waals surface area contributed by atoms with E-state index < -0.39 is 17.7 Å². The average molecular weight is 593 g/mol. The Kier molecular flexibility index (Phi) is 9.55. The number of amides is 1. The van der Waals surface area contributed by atoms with Gasteiger partial charge in [-0.25, -0.2) is 9.37 Å². The lowest BCUT2D eigenvalue weighted by Crippen LogP contribution is -2.46. The third kappa shape index (κ3) is 7.56. The Morgan fingerprint density at radius 3 is 2.73 bits per heavy atom. The van der Waals surface area contributed by atoms with Crippen LogP contribution in [0.4, 0.5) is 28.9 Å². The second kappa shape index (κ2) is 12.9. The fraction of sp³-hybridized carbons (Fsp3) is 0.429. The van der Waals surface area contributed by atoms with Gasteiger partial charge in [-0.2, -0.15) is 13.2 Å². The zero-order valence-electron chi connectivity index (χ0n) is 23.1. The fourth-order valence-electron chi connectivity index (χ4n) is 4.54. The lowest BCUT2D eigenvalue weighted by atomic mass is 10.0. The molecule has 4 rings (SSSR count). The highest BCUT2D eigenvalue weighted by Crippen LogP contribution is 2.39. The van der Waals surface area contributed by atoms with Crippen molar-refractivity contribution in [3.63, 3.8) is 0 Å². The quantitative estimate of drug-likeness (QED) is 0.193. The molecule has 0 spiro atoms. The van der Waals surface area contributed by atoms with Crippen LogP contribution in [-0.4, -0.2) is 77.7 Å². The summed E-state index contributed by atoms with van der Waals surface area (Å²) < 4.78 is 62.0. The Bertz CT molecular complexity index is 1450. The highest BCUT2D eigenvalue weighted by Gasteiger charge is 2.34. The van der Waals surface area contributed by atoms with Gasteiger partial charge >= 0.3 is 5.51 Å². The zero-order chi connectivity index (χ0) is 29.7. The van der Waals surface area contributed by atoms with Gasteiger partial charge in [0.15, 0.2) is 5.65 Å². The number of ether oxygens (including phenoxy) is 1. The zero-order valence-corrected chi connectivity index (χ0v) is 23.9. The Morgan fingerprint density at radius 2 is 2.05 bits per heavy atom. The maximum absolute atomic E-state index is 14.7. The van der Waals surface area contributed by atoms with Crippen molar-refractivity contribution in [3.05, 3.63) is 47.8 Å². The number of fused-ring (bicyclic) bond motifs is 1. The van der Waals surface area contributed by atoms with Crippen molar-refractivity contribution in [3.8, 4) is 17.6 Å². The van der Waals surface area contributed by atoms with Crippen molar-refractivity contribution >= 4 is 34.7 Å². The van der Waals surface area contributed by atoms with E-state index in [2.05, 4.69) is 32.8 Å². The molecule has 8 nitrogen and oxygen atoms in total. The summed E-state index contributed by atoms with van der Waals surface area (Å²) in [4.78, 5) is 19.0. The van der Waals surface area contributed by atoms with Gasteiger partial charge in [-0.15, -0.1) is 0 Å². The molecule has 2 atom stereocenters. The van der Waals surface area contributed by atoms with E-state index in [1.54, 1.807) is 30.3 Å². The number of thioether (sulfide) groups is 1. The molecule has 1 aromatic carbocycles. The Balaban J connectivity index is 1.63. The molecule has 3 N–H and O–H groups in total. The van der Waals surface area contributed by atoms with Crippen LogP contribution >= 0.6 is 11.8 Å². The lowest BCUT2D eigenvalue weighted by Gasteiger charge is -2.33. The minimum atomic E-state index is -4.58. The van der Waals surface area contributed by atoms with E-state index in [1.165, 1.54) is 17.7 Å². The molecule has 1 amide bonds. The number of rotatable bonds is 8. The Morgan fingerprint density at radius 1 is 1.27 bits per heavy atom. The number of carbonyl (C=O) groups excluding carboxylic acids is 1. The number of halogens is 4. The lowest BCUT2D eigenvalue weighted by molar-refractivity contribution is -0.0330. The van der Waals surface area contributed by atoms with Crippen LogP contribution < -0.4 is 20.7 Å². The highest BCUT2D eigenvalue weighted by molar-refractivity contribution is 8.00.